The molecular formula is C21H21N3O3. The molecule has 0 unspecified atom stereocenters. The topological polar surface area (TPSA) is 72.8 Å². The fourth-order valence-corrected chi connectivity index (χ4v) is 2.86. The number of hydrazone groups is 1. The highest BCUT2D eigenvalue weighted by molar-refractivity contribution is 5.99. The predicted molar refractivity (Wildman–Crippen MR) is 106 cm³/mol. The Morgan fingerprint density at radius 2 is 1.93 bits per heavy atom. The van der Waals surface area contributed by atoms with Gasteiger partial charge in [-0.1, -0.05) is 17.7 Å². The maximum atomic E-state index is 12.5. The summed E-state index contributed by atoms with van der Waals surface area (Å²) in [7, 11) is 3.12. The molecule has 0 aliphatic heterocycles. The lowest BCUT2D eigenvalue weighted by Gasteiger charge is -2.09. The van der Waals surface area contributed by atoms with Crippen molar-refractivity contribution in [3.8, 4) is 11.5 Å². The van der Waals surface area contributed by atoms with Gasteiger partial charge in [0.25, 0.3) is 5.91 Å². The molecule has 6 nitrogen and oxygen atoms in total. The number of hydrogen-bond acceptors (Lipinski definition) is 5. The van der Waals surface area contributed by atoms with Gasteiger partial charge in [0, 0.05) is 10.9 Å². The summed E-state index contributed by atoms with van der Waals surface area (Å²) in [4.78, 5) is 17.0. The van der Waals surface area contributed by atoms with Crippen LogP contribution in [0.1, 0.15) is 27.2 Å². The third-order valence-corrected chi connectivity index (χ3v) is 4.21. The zero-order chi connectivity index (χ0) is 19.4. The van der Waals surface area contributed by atoms with Crippen molar-refractivity contribution in [1.82, 2.24) is 10.4 Å². The number of aromatic nitrogens is 1. The molecule has 6 heteroatoms. The van der Waals surface area contributed by atoms with Crippen LogP contribution in [0, 0.1) is 13.8 Å². The van der Waals surface area contributed by atoms with Crippen LogP contribution in [0.25, 0.3) is 10.9 Å². The number of nitrogens with one attached hydrogen (secondary N) is 1. The average molecular weight is 363 g/mol. The SMILES string of the molecule is COc1cccc(/C=N/NC(=O)c2cc3cc(C)ccc3nc2C)c1OC. The van der Waals surface area contributed by atoms with Crippen molar-refractivity contribution in [1.29, 1.82) is 0 Å². The molecule has 3 rings (SSSR count). The van der Waals surface area contributed by atoms with Crippen molar-refractivity contribution in [3.63, 3.8) is 0 Å². The van der Waals surface area contributed by atoms with Gasteiger partial charge in [0.2, 0.25) is 0 Å². The van der Waals surface area contributed by atoms with Crippen LogP contribution in [0.3, 0.4) is 0 Å². The minimum Gasteiger partial charge on any atom is -0.493 e. The monoisotopic (exact) mass is 363 g/mol. The van der Waals surface area contributed by atoms with E-state index in [9.17, 15) is 4.79 Å². The number of ether oxygens (including phenoxy) is 2. The number of benzene rings is 2. The Bertz CT molecular complexity index is 1030. The van der Waals surface area contributed by atoms with Crippen LogP contribution in [-0.4, -0.2) is 31.3 Å². The van der Waals surface area contributed by atoms with Gasteiger partial charge < -0.3 is 9.47 Å². The lowest BCUT2D eigenvalue weighted by Crippen LogP contribution is -2.19. The third-order valence-electron chi connectivity index (χ3n) is 4.21. The Morgan fingerprint density at radius 1 is 1.11 bits per heavy atom. The summed E-state index contributed by atoms with van der Waals surface area (Å²) in [5.74, 6) is 0.830. The number of methoxy groups -OCH3 is 2. The maximum absolute atomic E-state index is 12.5. The molecule has 0 bridgehead atoms. The molecule has 1 N–H and O–H groups in total. The number of pyridine rings is 1. The van der Waals surface area contributed by atoms with E-state index in [0.717, 1.165) is 16.5 Å². The number of aryl methyl sites for hydroxylation is 2. The average Bonchev–Trinajstić information content (AvgIpc) is 2.67. The fraction of sp³-hybridized carbons (Fsp3) is 0.190. The molecule has 0 saturated carbocycles. The van der Waals surface area contributed by atoms with Gasteiger partial charge in [-0.05, 0) is 44.2 Å². The molecule has 0 spiro atoms. The first-order chi connectivity index (χ1) is 13.0. The first-order valence-corrected chi connectivity index (χ1v) is 8.46. The molecule has 1 heterocycles. The highest BCUT2D eigenvalue weighted by Crippen LogP contribution is 2.29. The van der Waals surface area contributed by atoms with E-state index >= 15 is 0 Å². The van der Waals surface area contributed by atoms with Gasteiger partial charge in [0.1, 0.15) is 0 Å². The van der Waals surface area contributed by atoms with Gasteiger partial charge in [-0.25, -0.2) is 5.43 Å². The van der Waals surface area contributed by atoms with Crippen molar-refractivity contribution in [2.24, 2.45) is 5.10 Å². The van der Waals surface area contributed by atoms with Gasteiger partial charge >= 0.3 is 0 Å². The largest absolute Gasteiger partial charge is 0.493 e. The van der Waals surface area contributed by atoms with Gasteiger partial charge in [0.05, 0.1) is 37.2 Å². The van der Waals surface area contributed by atoms with E-state index in [1.165, 1.54) is 6.21 Å². The molecule has 138 valence electrons. The van der Waals surface area contributed by atoms with E-state index in [1.54, 1.807) is 20.3 Å². The number of hydrogen-bond donors (Lipinski definition) is 1. The highest BCUT2D eigenvalue weighted by atomic mass is 16.5. The first kappa shape index (κ1) is 18.4. The number of carbonyl (C=O) groups excluding carboxylic acids is 1. The summed E-state index contributed by atoms with van der Waals surface area (Å²) in [6, 6.07) is 13.2. The van der Waals surface area contributed by atoms with Crippen LogP contribution in [0.2, 0.25) is 0 Å². The molecule has 0 aliphatic rings. The number of amides is 1. The minimum atomic E-state index is -0.318. The molecule has 2 aromatic carbocycles. The van der Waals surface area contributed by atoms with Gasteiger partial charge in [-0.2, -0.15) is 5.10 Å². The molecule has 1 amide bonds. The van der Waals surface area contributed by atoms with Crippen LogP contribution in [-0.2, 0) is 0 Å². The Morgan fingerprint density at radius 3 is 2.67 bits per heavy atom. The molecule has 27 heavy (non-hydrogen) atoms. The summed E-state index contributed by atoms with van der Waals surface area (Å²) in [6.07, 6.45) is 1.52. The molecule has 1 aromatic heterocycles. The van der Waals surface area contributed by atoms with Crippen molar-refractivity contribution < 1.29 is 14.3 Å². The molecular weight excluding hydrogens is 342 g/mol. The summed E-state index contributed by atoms with van der Waals surface area (Å²) in [5.41, 5.74) is 6.36. The Kier molecular flexibility index (Phi) is 5.35. The molecule has 0 fully saturated rings. The van der Waals surface area contributed by atoms with E-state index in [1.807, 2.05) is 50.2 Å². The normalized spacial score (nSPS) is 11.0. The lowest BCUT2D eigenvalue weighted by molar-refractivity contribution is 0.0954. The zero-order valence-electron chi connectivity index (χ0n) is 15.7. The standard InChI is InChI=1S/C21H21N3O3/c1-13-8-9-18-16(10-13)11-17(14(2)23-18)21(25)24-22-12-15-6-5-7-19(26-3)20(15)27-4/h5-12H,1-4H3,(H,24,25)/b22-12+. The van der Waals surface area contributed by atoms with Gasteiger partial charge in [0.15, 0.2) is 11.5 Å². The van der Waals surface area contributed by atoms with Crippen LogP contribution >= 0.6 is 0 Å². The van der Waals surface area contributed by atoms with Gasteiger partial charge in [-0.3, -0.25) is 9.78 Å². The zero-order valence-corrected chi connectivity index (χ0v) is 15.7. The van der Waals surface area contributed by atoms with Gasteiger partial charge in [-0.15, -0.1) is 0 Å². The second-order valence-corrected chi connectivity index (χ2v) is 6.10. The smallest absolute Gasteiger partial charge is 0.273 e. The Labute approximate surface area is 157 Å². The number of carbonyl (C=O) groups is 1. The quantitative estimate of drug-likeness (QED) is 0.555. The molecule has 0 saturated heterocycles. The fourth-order valence-electron chi connectivity index (χ4n) is 2.86. The first-order valence-electron chi connectivity index (χ1n) is 8.46. The number of nitrogens with zero attached hydrogens (tertiary/aromatic N) is 2. The van der Waals surface area contributed by atoms with E-state index in [4.69, 9.17) is 9.47 Å². The van der Waals surface area contributed by atoms with E-state index in [0.29, 0.717) is 28.3 Å². The second-order valence-electron chi connectivity index (χ2n) is 6.10. The highest BCUT2D eigenvalue weighted by Gasteiger charge is 2.12. The van der Waals surface area contributed by atoms with Crippen LogP contribution in [0.15, 0.2) is 47.6 Å². The van der Waals surface area contributed by atoms with E-state index in [-0.39, 0.29) is 5.91 Å². The Hall–Kier alpha value is -3.41. The molecule has 3 aromatic rings. The molecule has 0 radical (unpaired) electrons. The predicted octanol–water partition coefficient (Wildman–Crippen LogP) is 3.63. The summed E-state index contributed by atoms with van der Waals surface area (Å²) >= 11 is 0. The second kappa shape index (κ2) is 7.86. The van der Waals surface area contributed by atoms with Crippen molar-refractivity contribution in [2.75, 3.05) is 14.2 Å². The Balaban J connectivity index is 1.83. The van der Waals surface area contributed by atoms with E-state index < -0.39 is 0 Å². The number of fused-ring (bicyclic) bond motifs is 1. The van der Waals surface area contributed by atoms with Crippen LogP contribution in [0.5, 0.6) is 11.5 Å². The lowest BCUT2D eigenvalue weighted by atomic mass is 10.1. The molecule has 0 aliphatic carbocycles. The van der Waals surface area contributed by atoms with Crippen molar-refractivity contribution in [2.45, 2.75) is 13.8 Å². The number of rotatable bonds is 5. The maximum Gasteiger partial charge on any atom is 0.273 e. The summed E-state index contributed by atoms with van der Waals surface area (Å²) in [6.45, 7) is 3.81. The molecule has 0 atom stereocenters. The van der Waals surface area contributed by atoms with Crippen molar-refractivity contribution in [3.05, 3.63) is 64.8 Å². The third kappa shape index (κ3) is 3.89. The number of para-hydroxylation sites is 1. The summed E-state index contributed by atoms with van der Waals surface area (Å²) < 4.78 is 10.6. The van der Waals surface area contributed by atoms with E-state index in [2.05, 4.69) is 15.5 Å². The summed E-state index contributed by atoms with van der Waals surface area (Å²) in [5, 5.41) is 4.97. The van der Waals surface area contributed by atoms with Crippen LogP contribution < -0.4 is 14.9 Å². The minimum absolute atomic E-state index is 0.318. The van der Waals surface area contributed by atoms with Crippen LogP contribution in [0.4, 0.5) is 0 Å². The van der Waals surface area contributed by atoms with Crippen molar-refractivity contribution >= 4 is 23.0 Å².